The van der Waals surface area contributed by atoms with Gasteiger partial charge in [0.2, 0.25) is 5.91 Å². The number of nitrogens with one attached hydrogen (secondary N) is 2. The summed E-state index contributed by atoms with van der Waals surface area (Å²) < 4.78 is 14.3. The Kier molecular flexibility index (Phi) is 10.8. The van der Waals surface area contributed by atoms with Crippen molar-refractivity contribution in [2.45, 2.75) is 97.2 Å². The van der Waals surface area contributed by atoms with Crippen LogP contribution in [0.3, 0.4) is 0 Å². The van der Waals surface area contributed by atoms with Crippen LogP contribution in [-0.4, -0.2) is 54.0 Å². The number of carbonyl (C=O) groups is 2. The zero-order valence-electron chi connectivity index (χ0n) is 25.8. The summed E-state index contributed by atoms with van der Waals surface area (Å²) in [7, 11) is -0.559. The maximum atomic E-state index is 13.9. The van der Waals surface area contributed by atoms with Crippen LogP contribution < -0.4 is 16.5 Å². The molecule has 3 saturated carbocycles. The fourth-order valence-corrected chi connectivity index (χ4v) is 7.89. The van der Waals surface area contributed by atoms with E-state index in [0.29, 0.717) is 31.1 Å². The van der Waals surface area contributed by atoms with Crippen molar-refractivity contribution < 1.29 is 23.9 Å². The van der Waals surface area contributed by atoms with Gasteiger partial charge in [-0.3, -0.25) is 9.59 Å². The molecule has 0 radical (unpaired) electrons. The van der Waals surface area contributed by atoms with Crippen LogP contribution in [0, 0.1) is 42.8 Å². The number of carbonyl (C=O) groups excluding carboxylic acids is 2. The van der Waals surface area contributed by atoms with Gasteiger partial charge in [0.15, 0.2) is 5.03 Å². The first-order valence-electron chi connectivity index (χ1n) is 15.3. The molecule has 236 valence electrons. The summed E-state index contributed by atoms with van der Waals surface area (Å²) in [5.41, 5.74) is 8.11. The van der Waals surface area contributed by atoms with Crippen LogP contribution in [0.2, 0.25) is 0 Å². The Morgan fingerprint density at radius 1 is 1.26 bits per heavy atom. The summed E-state index contributed by atoms with van der Waals surface area (Å²) in [4.78, 5) is 41.6. The number of Topliss-reactive ketones (excluding diaryl/α,β-unsaturated/α-hetero) is 1. The van der Waals surface area contributed by atoms with E-state index in [1.165, 1.54) is 0 Å². The van der Waals surface area contributed by atoms with Crippen molar-refractivity contribution in [1.29, 1.82) is 0 Å². The van der Waals surface area contributed by atoms with Gasteiger partial charge in [0.1, 0.15) is 5.78 Å². The highest BCUT2D eigenvalue weighted by atomic mass is 127. The Balaban J connectivity index is 1.46. The molecule has 1 aromatic carbocycles. The van der Waals surface area contributed by atoms with Crippen molar-refractivity contribution >= 4 is 47.4 Å². The van der Waals surface area contributed by atoms with E-state index in [4.69, 9.17) is 15.0 Å². The summed E-state index contributed by atoms with van der Waals surface area (Å²) in [6.07, 6.45) is 3.89. The molecule has 1 aliphatic heterocycles. The molecule has 2 bridgehead atoms. The second kappa shape index (κ2) is 13.8. The third kappa shape index (κ3) is 7.88. The SMILES string of the molecule is CC(C)C[C@H](NC(=O)[C@H](CCCN=C(N)N[N+](=O)[O-])CC(=O)Cc1ccccc1I)B1O[C@@H]2C[C@@H]3C[C@@H](C3(C)C)[C@]2(C)O1. The zero-order valence-corrected chi connectivity index (χ0v) is 28.0. The van der Waals surface area contributed by atoms with Gasteiger partial charge in [-0.1, -0.05) is 51.3 Å². The van der Waals surface area contributed by atoms with E-state index in [1.54, 1.807) is 0 Å². The molecule has 0 aromatic heterocycles. The number of hydrogen-bond acceptors (Lipinski definition) is 7. The lowest BCUT2D eigenvalue weighted by Gasteiger charge is -2.64. The first-order valence-corrected chi connectivity index (χ1v) is 16.4. The van der Waals surface area contributed by atoms with E-state index in [0.717, 1.165) is 22.0 Å². The Morgan fingerprint density at radius 3 is 2.63 bits per heavy atom. The predicted molar refractivity (Wildman–Crippen MR) is 173 cm³/mol. The van der Waals surface area contributed by atoms with Crippen molar-refractivity contribution in [1.82, 2.24) is 10.7 Å². The number of halogens is 1. The van der Waals surface area contributed by atoms with Crippen LogP contribution in [-0.2, 0) is 25.3 Å². The van der Waals surface area contributed by atoms with Gasteiger partial charge in [0, 0.05) is 28.9 Å². The van der Waals surface area contributed by atoms with Gasteiger partial charge in [-0.2, -0.15) is 0 Å². The summed E-state index contributed by atoms with van der Waals surface area (Å²) in [6, 6.07) is 7.70. The average molecular weight is 709 g/mol. The predicted octanol–water partition coefficient (Wildman–Crippen LogP) is 4.08. The maximum Gasteiger partial charge on any atom is 0.481 e. The molecule has 1 saturated heterocycles. The first kappa shape index (κ1) is 33.6. The summed E-state index contributed by atoms with van der Waals surface area (Å²) in [5.74, 6) is -0.204. The molecule has 1 heterocycles. The van der Waals surface area contributed by atoms with Crippen LogP contribution in [0.1, 0.15) is 78.7 Å². The van der Waals surface area contributed by atoms with E-state index >= 15 is 0 Å². The number of rotatable bonds is 14. The van der Waals surface area contributed by atoms with Crippen LogP contribution >= 0.6 is 22.6 Å². The van der Waals surface area contributed by atoms with Gasteiger partial charge in [0.25, 0.3) is 5.96 Å². The minimum absolute atomic E-state index is 0.00246. The van der Waals surface area contributed by atoms with E-state index in [9.17, 15) is 19.7 Å². The third-order valence-corrected chi connectivity index (χ3v) is 10.8. The Hall–Kier alpha value is -2.26. The number of aliphatic imine (C=N–C) groups is 1. The number of hydrogen-bond donors (Lipinski definition) is 3. The smallest absolute Gasteiger partial charge is 0.404 e. The van der Waals surface area contributed by atoms with Crippen LogP contribution in [0.4, 0.5) is 0 Å². The van der Waals surface area contributed by atoms with Gasteiger partial charge in [-0.25, -0.2) is 15.1 Å². The number of amides is 1. The number of guanidine groups is 1. The maximum absolute atomic E-state index is 13.9. The van der Waals surface area contributed by atoms with Crippen molar-refractivity contribution in [3.63, 3.8) is 0 Å². The van der Waals surface area contributed by atoms with E-state index in [-0.39, 0.29) is 66.0 Å². The monoisotopic (exact) mass is 709 g/mol. The number of nitro groups is 1. The highest BCUT2D eigenvalue weighted by molar-refractivity contribution is 14.1. The lowest BCUT2D eigenvalue weighted by Crippen LogP contribution is -2.65. The van der Waals surface area contributed by atoms with Crippen molar-refractivity contribution in [2.75, 3.05) is 6.54 Å². The lowest BCUT2D eigenvalue weighted by atomic mass is 9.43. The molecular weight excluding hydrogens is 664 g/mol. The second-order valence-corrected chi connectivity index (χ2v) is 14.7. The second-order valence-electron chi connectivity index (χ2n) is 13.6. The van der Waals surface area contributed by atoms with Gasteiger partial charge in [0.05, 0.1) is 17.6 Å². The highest BCUT2D eigenvalue weighted by Gasteiger charge is 2.68. The molecule has 4 aliphatic rings. The standard InChI is InChI=1S/C30H45BIN5O6/c1-18(2)13-26(31-42-25-17-21-16-24(29(21,3)4)30(25,5)43-31)35-27(39)20(10-8-12-34-28(33)36-37(40)41)15-22(38)14-19-9-6-7-11-23(19)32/h6-7,9,11,18,20-21,24-26H,8,10,12-17H2,1-5H3,(H,35,39)(H3,33,34,36)/t20-,21+,24+,25-,26+,30+/m1/s1. The van der Waals surface area contributed by atoms with E-state index < -0.39 is 18.1 Å². The Morgan fingerprint density at radius 2 is 1.98 bits per heavy atom. The number of benzene rings is 1. The molecule has 5 rings (SSSR count). The fourth-order valence-electron chi connectivity index (χ4n) is 7.31. The molecule has 0 unspecified atom stereocenters. The molecular formula is C30H45BIN5O6. The molecule has 1 amide bonds. The Bertz CT molecular complexity index is 1230. The van der Waals surface area contributed by atoms with E-state index in [1.807, 2.05) is 29.7 Å². The molecule has 3 aliphatic carbocycles. The fraction of sp³-hybridized carbons (Fsp3) is 0.700. The van der Waals surface area contributed by atoms with E-state index in [2.05, 4.69) is 67.5 Å². The minimum atomic E-state index is -0.776. The van der Waals surface area contributed by atoms with Crippen molar-refractivity contribution in [2.24, 2.45) is 39.8 Å². The zero-order chi connectivity index (χ0) is 31.5. The third-order valence-electron chi connectivity index (χ3n) is 9.74. The minimum Gasteiger partial charge on any atom is -0.404 e. The van der Waals surface area contributed by atoms with Crippen LogP contribution in [0.25, 0.3) is 0 Å². The lowest BCUT2D eigenvalue weighted by molar-refractivity contribution is -0.525. The summed E-state index contributed by atoms with van der Waals surface area (Å²) in [5, 5.41) is 13.0. The summed E-state index contributed by atoms with van der Waals surface area (Å²) in [6.45, 7) is 11.2. The van der Waals surface area contributed by atoms with Crippen LogP contribution in [0.15, 0.2) is 29.3 Å². The molecule has 1 aromatic rings. The normalized spacial score (nSPS) is 27.2. The van der Waals surface area contributed by atoms with Crippen molar-refractivity contribution in [3.8, 4) is 0 Å². The number of nitrogens with zero attached hydrogens (tertiary/aromatic N) is 2. The Labute approximate surface area is 268 Å². The molecule has 43 heavy (non-hydrogen) atoms. The highest BCUT2D eigenvalue weighted by Crippen LogP contribution is 2.65. The van der Waals surface area contributed by atoms with Gasteiger partial charge < -0.3 is 20.4 Å². The number of nitrogens with two attached hydrogens (primary N) is 1. The largest absolute Gasteiger partial charge is 0.481 e. The molecule has 13 heteroatoms. The average Bonchev–Trinajstić information content (AvgIpc) is 3.27. The molecule has 4 fully saturated rings. The van der Waals surface area contributed by atoms with Crippen LogP contribution in [0.5, 0.6) is 0 Å². The van der Waals surface area contributed by atoms with Gasteiger partial charge >= 0.3 is 7.12 Å². The topological polar surface area (TPSA) is 158 Å². The van der Waals surface area contributed by atoms with Gasteiger partial charge in [-0.15, -0.1) is 0 Å². The molecule has 11 nitrogen and oxygen atoms in total. The summed E-state index contributed by atoms with van der Waals surface area (Å²) >= 11 is 2.21. The number of ketones is 1. The number of hydrazine groups is 1. The van der Waals surface area contributed by atoms with Gasteiger partial charge in [-0.05, 0) is 96.4 Å². The van der Waals surface area contributed by atoms with Crippen molar-refractivity contribution in [3.05, 3.63) is 43.5 Å². The first-order chi connectivity index (χ1) is 20.2. The quantitative estimate of drug-likeness (QED) is 0.0496. The molecule has 0 spiro atoms. The molecule has 4 N–H and O–H groups in total. The molecule has 6 atom stereocenters.